The largest absolute Gasteiger partial charge is 0.379 e. The number of amides is 2. The van der Waals surface area contributed by atoms with Crippen molar-refractivity contribution in [2.75, 3.05) is 45.9 Å². The van der Waals surface area contributed by atoms with Crippen molar-refractivity contribution in [3.63, 3.8) is 0 Å². The van der Waals surface area contributed by atoms with Gasteiger partial charge in [-0.15, -0.1) is 22.7 Å². The van der Waals surface area contributed by atoms with Crippen molar-refractivity contribution in [1.82, 2.24) is 14.8 Å². The lowest BCUT2D eigenvalue weighted by Crippen LogP contribution is -2.46. The molecule has 7 nitrogen and oxygen atoms in total. The van der Waals surface area contributed by atoms with Gasteiger partial charge in [0.1, 0.15) is 6.54 Å². The first-order valence-electron chi connectivity index (χ1n) is 12.3. The molecule has 0 N–H and O–H groups in total. The van der Waals surface area contributed by atoms with Crippen molar-refractivity contribution < 1.29 is 14.3 Å². The number of halogens is 1. The lowest BCUT2D eigenvalue weighted by Gasteiger charge is -2.31. The molecule has 0 aliphatic carbocycles. The number of hydrogen-bond donors (Lipinski definition) is 0. The van der Waals surface area contributed by atoms with Crippen molar-refractivity contribution in [1.29, 1.82) is 0 Å². The van der Waals surface area contributed by atoms with E-state index in [2.05, 4.69) is 17.9 Å². The van der Waals surface area contributed by atoms with Gasteiger partial charge >= 0.3 is 0 Å². The number of carbonyl (C=O) groups is 2. The summed E-state index contributed by atoms with van der Waals surface area (Å²) in [6.07, 6.45) is 0.653. The quantitative estimate of drug-likeness (QED) is 0.395. The number of morpholine rings is 1. The molecule has 2 aliphatic rings. The normalized spacial score (nSPS) is 18.2. The molecule has 4 heterocycles. The van der Waals surface area contributed by atoms with E-state index in [1.165, 1.54) is 0 Å². The molecule has 3 aromatic rings. The molecule has 37 heavy (non-hydrogen) atoms. The highest BCUT2D eigenvalue weighted by Gasteiger charge is 2.36. The summed E-state index contributed by atoms with van der Waals surface area (Å²) in [5.74, 6) is -0.454. The van der Waals surface area contributed by atoms with Gasteiger partial charge in [-0.05, 0) is 47.5 Å². The Morgan fingerprint density at radius 3 is 2.62 bits per heavy atom. The number of carbonyl (C=O) groups excluding carboxylic acids is 2. The summed E-state index contributed by atoms with van der Waals surface area (Å²) in [4.78, 5) is 33.5. The van der Waals surface area contributed by atoms with Crippen molar-refractivity contribution in [3.05, 3.63) is 79.1 Å². The topological polar surface area (TPSA) is 65.5 Å². The summed E-state index contributed by atoms with van der Waals surface area (Å²) in [6.45, 7) is 6.02. The summed E-state index contributed by atoms with van der Waals surface area (Å²) in [6, 6.07) is 12.9. The molecule has 194 valence electrons. The van der Waals surface area contributed by atoms with E-state index in [0.717, 1.165) is 34.1 Å². The zero-order chi connectivity index (χ0) is 25.8. The van der Waals surface area contributed by atoms with Gasteiger partial charge in [0.25, 0.3) is 11.8 Å². The molecule has 1 saturated heterocycles. The second kappa shape index (κ2) is 11.9. The Kier molecular flexibility index (Phi) is 8.36. The van der Waals surface area contributed by atoms with Crippen LogP contribution in [0.4, 0.5) is 0 Å². The van der Waals surface area contributed by atoms with E-state index >= 15 is 0 Å². The first-order valence-corrected chi connectivity index (χ1v) is 14.5. The Morgan fingerprint density at radius 1 is 1.11 bits per heavy atom. The van der Waals surface area contributed by atoms with Gasteiger partial charge in [-0.3, -0.25) is 14.5 Å². The van der Waals surface area contributed by atoms with Crippen LogP contribution in [0.15, 0.2) is 58.3 Å². The van der Waals surface area contributed by atoms with Crippen molar-refractivity contribution >= 4 is 51.8 Å². The minimum Gasteiger partial charge on any atom is -0.379 e. The summed E-state index contributed by atoms with van der Waals surface area (Å²) in [7, 11) is 0. The van der Waals surface area contributed by atoms with Crippen molar-refractivity contribution in [2.24, 2.45) is 5.10 Å². The second-order valence-corrected chi connectivity index (χ2v) is 11.4. The molecule has 10 heteroatoms. The Bertz CT molecular complexity index is 1270. The molecule has 0 radical (unpaired) electrons. The Hall–Kier alpha value is -2.56. The maximum Gasteiger partial charge on any atom is 0.262 e. The fraction of sp³-hybridized carbons (Fsp3) is 0.370. The van der Waals surface area contributed by atoms with Gasteiger partial charge in [-0.2, -0.15) is 5.10 Å². The van der Waals surface area contributed by atoms with Crippen LogP contribution in [0.3, 0.4) is 0 Å². The summed E-state index contributed by atoms with van der Waals surface area (Å²) < 4.78 is 5.46. The van der Waals surface area contributed by atoms with E-state index in [4.69, 9.17) is 21.4 Å². The third-order valence-corrected chi connectivity index (χ3v) is 9.05. The standard InChI is InChI=1S/C27H29ClN4O3S2/c1-19-8-16-37-26(19)23-17-22(24-7-4-15-36-24)29-32(23)25(33)18-31(10-9-30-11-13-35-14-12-30)27(34)20-5-2-3-6-21(20)28/h2-8,15-16,23H,9-14,17-18H2,1H3. The van der Waals surface area contributed by atoms with Crippen LogP contribution >= 0.6 is 34.3 Å². The number of rotatable bonds is 8. The smallest absolute Gasteiger partial charge is 0.262 e. The van der Waals surface area contributed by atoms with Crippen molar-refractivity contribution in [3.8, 4) is 0 Å². The Morgan fingerprint density at radius 2 is 1.92 bits per heavy atom. The summed E-state index contributed by atoms with van der Waals surface area (Å²) in [5, 5.41) is 10.8. The second-order valence-electron chi connectivity index (χ2n) is 9.11. The average molecular weight is 557 g/mol. The molecule has 1 aromatic carbocycles. The van der Waals surface area contributed by atoms with E-state index in [9.17, 15) is 9.59 Å². The predicted octanol–water partition coefficient (Wildman–Crippen LogP) is 4.92. The highest BCUT2D eigenvalue weighted by Crippen LogP contribution is 2.38. The van der Waals surface area contributed by atoms with Crippen LogP contribution in [-0.4, -0.2) is 78.3 Å². The third kappa shape index (κ3) is 5.97. The maximum atomic E-state index is 13.8. The van der Waals surface area contributed by atoms with E-state index < -0.39 is 0 Å². The predicted molar refractivity (Wildman–Crippen MR) is 149 cm³/mol. The first-order chi connectivity index (χ1) is 18.0. The molecule has 0 bridgehead atoms. The highest BCUT2D eigenvalue weighted by atomic mass is 35.5. The van der Waals surface area contributed by atoms with Gasteiger partial charge in [0.2, 0.25) is 0 Å². The average Bonchev–Trinajstić information content (AvgIpc) is 3.67. The molecule has 2 amide bonds. The lowest BCUT2D eigenvalue weighted by molar-refractivity contribution is -0.133. The van der Waals surface area contributed by atoms with E-state index in [-0.39, 0.29) is 24.4 Å². The molecule has 2 aromatic heterocycles. The SMILES string of the molecule is Cc1ccsc1C1CC(c2cccs2)=NN1C(=O)CN(CCN1CCOCC1)C(=O)c1ccccc1Cl. The van der Waals surface area contributed by atoms with Crippen molar-refractivity contribution in [2.45, 2.75) is 19.4 Å². The van der Waals surface area contributed by atoms with Crippen LogP contribution < -0.4 is 0 Å². The van der Waals surface area contributed by atoms with Crippen LogP contribution in [-0.2, 0) is 9.53 Å². The summed E-state index contributed by atoms with van der Waals surface area (Å²) >= 11 is 9.63. The zero-order valence-electron chi connectivity index (χ0n) is 20.6. The van der Waals surface area contributed by atoms with Gasteiger partial charge < -0.3 is 9.64 Å². The number of hydrogen-bond acceptors (Lipinski definition) is 7. The first kappa shape index (κ1) is 26.1. The van der Waals surface area contributed by atoms with Gasteiger partial charge in [-0.25, -0.2) is 5.01 Å². The molecular weight excluding hydrogens is 528 g/mol. The number of nitrogens with zero attached hydrogens (tertiary/aromatic N) is 4. The maximum absolute atomic E-state index is 13.8. The Labute approximate surface area is 229 Å². The molecule has 0 saturated carbocycles. The number of benzene rings is 1. The molecule has 0 spiro atoms. The number of hydrazone groups is 1. The monoisotopic (exact) mass is 556 g/mol. The summed E-state index contributed by atoms with van der Waals surface area (Å²) in [5.41, 5.74) is 2.44. The molecular formula is C27H29ClN4O3S2. The number of aryl methyl sites for hydroxylation is 1. The molecule has 5 rings (SSSR count). The van der Waals surface area contributed by atoms with Crippen LogP contribution in [0.1, 0.15) is 38.1 Å². The lowest BCUT2D eigenvalue weighted by atomic mass is 10.1. The zero-order valence-corrected chi connectivity index (χ0v) is 23.0. The third-order valence-electron chi connectivity index (χ3n) is 6.68. The van der Waals surface area contributed by atoms with Gasteiger partial charge in [-0.1, -0.05) is 29.8 Å². The van der Waals surface area contributed by atoms with Gasteiger partial charge in [0.15, 0.2) is 0 Å². The molecule has 1 atom stereocenters. The van der Waals surface area contributed by atoms with Crippen LogP contribution in [0, 0.1) is 6.92 Å². The van der Waals surface area contributed by atoms with E-state index in [1.54, 1.807) is 56.8 Å². The minimum absolute atomic E-state index is 0.0729. The Balaban J connectivity index is 1.40. The van der Waals surface area contributed by atoms with Crippen LogP contribution in [0.25, 0.3) is 0 Å². The van der Waals surface area contributed by atoms with E-state index in [0.29, 0.717) is 43.3 Å². The van der Waals surface area contributed by atoms with Crippen LogP contribution in [0.2, 0.25) is 5.02 Å². The van der Waals surface area contributed by atoms with Gasteiger partial charge in [0, 0.05) is 37.5 Å². The highest BCUT2D eigenvalue weighted by molar-refractivity contribution is 7.12. The molecule has 1 fully saturated rings. The molecule has 2 aliphatic heterocycles. The molecule has 1 unspecified atom stereocenters. The van der Waals surface area contributed by atoms with Crippen LogP contribution in [0.5, 0.6) is 0 Å². The fourth-order valence-corrected chi connectivity index (χ4v) is 6.59. The minimum atomic E-state index is -0.252. The number of ether oxygens (including phenoxy) is 1. The number of thiophene rings is 2. The van der Waals surface area contributed by atoms with Gasteiger partial charge in [0.05, 0.1) is 40.4 Å². The van der Waals surface area contributed by atoms with E-state index in [1.807, 2.05) is 22.9 Å². The fourth-order valence-electron chi connectivity index (χ4n) is 4.64.